The van der Waals surface area contributed by atoms with Crippen LogP contribution in [-0.4, -0.2) is 23.2 Å². The number of rotatable bonds is 4. The number of halogens is 1. The number of alkyl halides is 1. The minimum absolute atomic E-state index is 0.00409. The topological polar surface area (TPSA) is 44.1 Å². The van der Waals surface area contributed by atoms with Crippen molar-refractivity contribution in [1.29, 1.82) is 5.26 Å². The highest BCUT2D eigenvalue weighted by Gasteiger charge is 2.10. The number of benzene rings is 1. The summed E-state index contributed by atoms with van der Waals surface area (Å²) in [6, 6.07) is 9.24. The molecule has 0 aromatic heterocycles. The lowest BCUT2D eigenvalue weighted by molar-refractivity contribution is -0.128. The number of nitrogens with zero attached hydrogens (tertiary/aromatic N) is 2. The van der Waals surface area contributed by atoms with Crippen molar-refractivity contribution in [1.82, 2.24) is 4.90 Å². The van der Waals surface area contributed by atoms with Gasteiger partial charge in [0, 0.05) is 13.1 Å². The van der Waals surface area contributed by atoms with Crippen LogP contribution in [0, 0.1) is 11.3 Å². The number of amides is 1. The smallest absolute Gasteiger partial charge is 0.237 e. The van der Waals surface area contributed by atoms with Crippen molar-refractivity contribution in [2.24, 2.45) is 0 Å². The van der Waals surface area contributed by atoms with E-state index < -0.39 is 0 Å². The molecule has 0 atom stereocenters. The van der Waals surface area contributed by atoms with Gasteiger partial charge in [-0.2, -0.15) is 5.26 Å². The molecule has 16 heavy (non-hydrogen) atoms. The predicted octanol–water partition coefficient (Wildman–Crippen LogP) is 2.15. The van der Waals surface area contributed by atoms with Gasteiger partial charge in [0.05, 0.1) is 11.6 Å². The first-order valence-electron chi connectivity index (χ1n) is 5.04. The molecular formula is C12H13ClN2O. The second-order valence-electron chi connectivity index (χ2n) is 3.35. The van der Waals surface area contributed by atoms with E-state index >= 15 is 0 Å². The molecule has 1 amide bonds. The van der Waals surface area contributed by atoms with Gasteiger partial charge in [0.25, 0.3) is 0 Å². The second-order valence-corrected chi connectivity index (χ2v) is 3.62. The van der Waals surface area contributed by atoms with Crippen LogP contribution in [0.2, 0.25) is 0 Å². The fourth-order valence-corrected chi connectivity index (χ4v) is 1.53. The van der Waals surface area contributed by atoms with E-state index in [0.29, 0.717) is 18.7 Å². The average molecular weight is 237 g/mol. The van der Waals surface area contributed by atoms with Gasteiger partial charge >= 0.3 is 0 Å². The van der Waals surface area contributed by atoms with Gasteiger partial charge in [0.2, 0.25) is 5.91 Å². The summed E-state index contributed by atoms with van der Waals surface area (Å²) in [4.78, 5) is 13.1. The molecule has 0 saturated carbocycles. The Labute approximate surface area is 100 Å². The van der Waals surface area contributed by atoms with Crippen LogP contribution in [-0.2, 0) is 11.3 Å². The molecule has 0 spiro atoms. The van der Waals surface area contributed by atoms with E-state index in [2.05, 4.69) is 6.07 Å². The highest BCUT2D eigenvalue weighted by molar-refractivity contribution is 6.27. The first-order valence-corrected chi connectivity index (χ1v) is 5.57. The normalized spacial score (nSPS) is 9.56. The number of carbonyl (C=O) groups excluding carboxylic acids is 1. The summed E-state index contributed by atoms with van der Waals surface area (Å²) < 4.78 is 0. The molecule has 0 unspecified atom stereocenters. The Morgan fingerprint density at radius 2 is 2.06 bits per heavy atom. The van der Waals surface area contributed by atoms with Crippen molar-refractivity contribution in [2.45, 2.75) is 13.5 Å². The zero-order valence-electron chi connectivity index (χ0n) is 9.11. The molecule has 0 heterocycles. The fourth-order valence-electron chi connectivity index (χ4n) is 1.37. The second kappa shape index (κ2) is 6.14. The third-order valence-corrected chi connectivity index (χ3v) is 2.53. The van der Waals surface area contributed by atoms with Crippen LogP contribution in [0.5, 0.6) is 0 Å². The minimum atomic E-state index is -0.0754. The molecule has 0 aliphatic rings. The molecule has 1 rings (SSSR count). The lowest BCUT2D eigenvalue weighted by atomic mass is 10.1. The zero-order chi connectivity index (χ0) is 12.0. The van der Waals surface area contributed by atoms with Gasteiger partial charge in [-0.25, -0.2) is 0 Å². The van der Waals surface area contributed by atoms with Crippen LogP contribution < -0.4 is 0 Å². The van der Waals surface area contributed by atoms with Gasteiger partial charge in [-0.15, -0.1) is 11.6 Å². The van der Waals surface area contributed by atoms with Gasteiger partial charge in [-0.05, 0) is 24.6 Å². The van der Waals surface area contributed by atoms with Crippen LogP contribution in [0.1, 0.15) is 18.1 Å². The van der Waals surface area contributed by atoms with E-state index in [4.69, 9.17) is 16.9 Å². The molecule has 0 aliphatic carbocycles. The van der Waals surface area contributed by atoms with Crippen LogP contribution in [0.25, 0.3) is 0 Å². The molecule has 3 nitrogen and oxygen atoms in total. The summed E-state index contributed by atoms with van der Waals surface area (Å²) in [7, 11) is 0. The highest BCUT2D eigenvalue weighted by atomic mass is 35.5. The zero-order valence-corrected chi connectivity index (χ0v) is 9.87. The summed E-state index contributed by atoms with van der Waals surface area (Å²) in [5, 5.41) is 8.65. The minimum Gasteiger partial charge on any atom is -0.338 e. The van der Waals surface area contributed by atoms with E-state index in [1.54, 1.807) is 17.0 Å². The third-order valence-electron chi connectivity index (χ3n) is 2.31. The molecule has 1 aromatic rings. The maximum Gasteiger partial charge on any atom is 0.237 e. The van der Waals surface area contributed by atoms with Crippen LogP contribution >= 0.6 is 11.6 Å². The van der Waals surface area contributed by atoms with Gasteiger partial charge in [0.1, 0.15) is 5.88 Å². The molecule has 84 valence electrons. The van der Waals surface area contributed by atoms with Crippen molar-refractivity contribution in [3.05, 3.63) is 35.4 Å². The maximum atomic E-state index is 11.4. The Morgan fingerprint density at radius 3 is 2.50 bits per heavy atom. The molecular weight excluding hydrogens is 224 g/mol. The Balaban J connectivity index is 2.71. The highest BCUT2D eigenvalue weighted by Crippen LogP contribution is 2.07. The summed E-state index contributed by atoms with van der Waals surface area (Å²) in [5.74, 6) is -0.0714. The van der Waals surface area contributed by atoms with E-state index in [-0.39, 0.29) is 11.8 Å². The lowest BCUT2D eigenvalue weighted by Crippen LogP contribution is -2.31. The number of hydrogen-bond acceptors (Lipinski definition) is 2. The van der Waals surface area contributed by atoms with E-state index in [1.807, 2.05) is 19.1 Å². The van der Waals surface area contributed by atoms with E-state index in [0.717, 1.165) is 5.56 Å². The SMILES string of the molecule is CCN(Cc1ccc(C#N)cc1)C(=O)CCl. The monoisotopic (exact) mass is 236 g/mol. The van der Waals surface area contributed by atoms with Gasteiger partial charge in [0.15, 0.2) is 0 Å². The molecule has 0 saturated heterocycles. The Morgan fingerprint density at radius 1 is 1.44 bits per heavy atom. The van der Waals surface area contributed by atoms with Crippen LogP contribution in [0.4, 0.5) is 0 Å². The Kier molecular flexibility index (Phi) is 4.81. The van der Waals surface area contributed by atoms with Gasteiger partial charge in [-0.1, -0.05) is 12.1 Å². The standard InChI is InChI=1S/C12H13ClN2O/c1-2-15(12(16)7-13)9-11-5-3-10(8-14)4-6-11/h3-6H,2,7,9H2,1H3. The fraction of sp³-hybridized carbons (Fsp3) is 0.333. The maximum absolute atomic E-state index is 11.4. The Hall–Kier alpha value is -1.53. The number of hydrogen-bond donors (Lipinski definition) is 0. The quantitative estimate of drug-likeness (QED) is 0.752. The van der Waals surface area contributed by atoms with Crippen LogP contribution in [0.15, 0.2) is 24.3 Å². The largest absolute Gasteiger partial charge is 0.338 e. The lowest BCUT2D eigenvalue weighted by Gasteiger charge is -2.19. The van der Waals surface area contributed by atoms with Crippen molar-refractivity contribution in [3.63, 3.8) is 0 Å². The molecule has 0 radical (unpaired) electrons. The third kappa shape index (κ3) is 3.25. The molecule has 1 aromatic carbocycles. The first kappa shape index (κ1) is 12.5. The number of carbonyl (C=O) groups is 1. The first-order chi connectivity index (χ1) is 7.71. The molecule has 0 fully saturated rings. The predicted molar refractivity (Wildman–Crippen MR) is 63.0 cm³/mol. The van der Waals surface area contributed by atoms with Crippen molar-refractivity contribution >= 4 is 17.5 Å². The Bertz CT molecular complexity index is 394. The molecule has 0 bridgehead atoms. The molecule has 4 heteroatoms. The number of nitriles is 1. The van der Waals surface area contributed by atoms with E-state index in [1.165, 1.54) is 0 Å². The molecule has 0 N–H and O–H groups in total. The summed E-state index contributed by atoms with van der Waals surface area (Å²) in [5.41, 5.74) is 1.62. The van der Waals surface area contributed by atoms with Crippen molar-refractivity contribution in [2.75, 3.05) is 12.4 Å². The van der Waals surface area contributed by atoms with Crippen molar-refractivity contribution < 1.29 is 4.79 Å². The van der Waals surface area contributed by atoms with Gasteiger partial charge < -0.3 is 4.90 Å². The summed E-state index contributed by atoms with van der Waals surface area (Å²) in [6.07, 6.45) is 0. The average Bonchev–Trinajstić information content (AvgIpc) is 2.35. The summed E-state index contributed by atoms with van der Waals surface area (Å²) in [6.45, 7) is 3.08. The van der Waals surface area contributed by atoms with Crippen molar-refractivity contribution in [3.8, 4) is 6.07 Å². The van der Waals surface area contributed by atoms with E-state index in [9.17, 15) is 4.79 Å². The van der Waals surface area contributed by atoms with Crippen LogP contribution in [0.3, 0.4) is 0 Å². The summed E-state index contributed by atoms with van der Waals surface area (Å²) >= 11 is 5.51. The molecule has 0 aliphatic heterocycles. The van der Waals surface area contributed by atoms with Gasteiger partial charge in [-0.3, -0.25) is 4.79 Å².